The summed E-state index contributed by atoms with van der Waals surface area (Å²) >= 11 is 0. The molecule has 5 heteroatoms. The van der Waals surface area contributed by atoms with Gasteiger partial charge >= 0.3 is 5.97 Å². The minimum Gasteiger partial charge on any atom is -0.478 e. The first kappa shape index (κ1) is 11.7. The summed E-state index contributed by atoms with van der Waals surface area (Å²) in [5.41, 5.74) is -0.308. The number of amides is 1. The van der Waals surface area contributed by atoms with E-state index in [1.807, 2.05) is 0 Å². The van der Waals surface area contributed by atoms with Gasteiger partial charge < -0.3 is 10.4 Å². The van der Waals surface area contributed by atoms with Gasteiger partial charge in [0.25, 0.3) is 0 Å². The van der Waals surface area contributed by atoms with Crippen LogP contribution in [-0.2, 0) is 4.79 Å². The van der Waals surface area contributed by atoms with Crippen molar-refractivity contribution in [1.29, 1.82) is 0 Å². The Kier molecular flexibility index (Phi) is 3.62. The van der Waals surface area contributed by atoms with Gasteiger partial charge in [-0.05, 0) is 18.2 Å². The quantitative estimate of drug-likeness (QED) is 0.760. The topological polar surface area (TPSA) is 66.4 Å². The zero-order chi connectivity index (χ0) is 12.1. The van der Waals surface area contributed by atoms with Crippen LogP contribution in [0.4, 0.5) is 10.1 Å². The van der Waals surface area contributed by atoms with Gasteiger partial charge in [-0.1, -0.05) is 5.92 Å². The van der Waals surface area contributed by atoms with E-state index in [1.165, 1.54) is 0 Å². The van der Waals surface area contributed by atoms with Crippen LogP contribution in [0.25, 0.3) is 0 Å². The third kappa shape index (κ3) is 2.82. The molecule has 2 N–H and O–H groups in total. The highest BCUT2D eigenvalue weighted by atomic mass is 19.1. The molecule has 0 atom stereocenters. The molecular formula is C11H8FNO3. The summed E-state index contributed by atoms with van der Waals surface area (Å²) in [6, 6.07) is 3.11. The summed E-state index contributed by atoms with van der Waals surface area (Å²) in [5.74, 6) is -0.386. The molecule has 0 heterocycles. The number of nitrogens with one attached hydrogen (secondary N) is 1. The molecule has 82 valence electrons. The maximum absolute atomic E-state index is 13.2. The van der Waals surface area contributed by atoms with Crippen LogP contribution in [0.2, 0.25) is 0 Å². The number of hydrogen-bond acceptors (Lipinski definition) is 2. The smallest absolute Gasteiger partial charge is 0.335 e. The molecule has 0 aliphatic rings. The summed E-state index contributed by atoms with van der Waals surface area (Å²) < 4.78 is 13.2. The number of aromatic carboxylic acids is 1. The highest BCUT2D eigenvalue weighted by Gasteiger charge is 2.10. The van der Waals surface area contributed by atoms with Crippen molar-refractivity contribution in [1.82, 2.24) is 0 Å². The van der Waals surface area contributed by atoms with Gasteiger partial charge in [-0.2, -0.15) is 0 Å². The molecule has 1 amide bonds. The van der Waals surface area contributed by atoms with E-state index in [2.05, 4.69) is 11.2 Å². The lowest BCUT2D eigenvalue weighted by Gasteiger charge is -2.05. The molecule has 1 aromatic carbocycles. The SMILES string of the molecule is C#CCC(=O)Nc1cc(C(=O)O)ccc1F. The van der Waals surface area contributed by atoms with Gasteiger partial charge in [0.05, 0.1) is 17.7 Å². The molecule has 0 unspecified atom stereocenters. The molecule has 0 aromatic heterocycles. The van der Waals surface area contributed by atoms with Gasteiger partial charge in [-0.15, -0.1) is 6.42 Å². The van der Waals surface area contributed by atoms with Crippen molar-refractivity contribution in [3.63, 3.8) is 0 Å². The Morgan fingerprint density at radius 2 is 2.19 bits per heavy atom. The predicted octanol–water partition coefficient (Wildman–Crippen LogP) is 1.49. The first-order valence-electron chi connectivity index (χ1n) is 4.30. The molecule has 0 saturated carbocycles. The van der Waals surface area contributed by atoms with Crippen molar-refractivity contribution >= 4 is 17.6 Å². The number of halogens is 1. The third-order valence-corrected chi connectivity index (χ3v) is 1.75. The van der Waals surface area contributed by atoms with Gasteiger partial charge in [-0.25, -0.2) is 9.18 Å². The number of carboxylic acids is 1. The first-order valence-corrected chi connectivity index (χ1v) is 4.30. The molecule has 0 bridgehead atoms. The average molecular weight is 221 g/mol. The van der Waals surface area contributed by atoms with Gasteiger partial charge in [0, 0.05) is 0 Å². The second kappa shape index (κ2) is 4.94. The number of rotatable bonds is 3. The lowest BCUT2D eigenvalue weighted by molar-refractivity contribution is -0.115. The number of carbonyl (C=O) groups excluding carboxylic acids is 1. The molecule has 16 heavy (non-hydrogen) atoms. The molecule has 1 rings (SSSR count). The fraction of sp³-hybridized carbons (Fsp3) is 0.0909. The Morgan fingerprint density at radius 1 is 1.50 bits per heavy atom. The molecule has 0 aliphatic carbocycles. The number of hydrogen-bond donors (Lipinski definition) is 2. The fourth-order valence-electron chi connectivity index (χ4n) is 1.04. The minimum absolute atomic E-state index is 0.114. The van der Waals surface area contributed by atoms with Crippen LogP contribution in [0.3, 0.4) is 0 Å². The summed E-state index contributed by atoms with van der Waals surface area (Å²) in [6.07, 6.45) is 4.70. The minimum atomic E-state index is -1.20. The van der Waals surface area contributed by atoms with Crippen LogP contribution in [0, 0.1) is 18.2 Å². The Hall–Kier alpha value is -2.35. The number of benzene rings is 1. The van der Waals surface area contributed by atoms with Gasteiger partial charge in [0.1, 0.15) is 5.82 Å². The molecule has 0 fully saturated rings. The first-order chi connectivity index (χ1) is 7.54. The van der Waals surface area contributed by atoms with E-state index in [0.717, 1.165) is 18.2 Å². The number of terminal acetylenes is 1. The third-order valence-electron chi connectivity index (χ3n) is 1.75. The molecule has 0 radical (unpaired) electrons. The van der Waals surface area contributed by atoms with Crippen LogP contribution in [0.5, 0.6) is 0 Å². The molecule has 4 nitrogen and oxygen atoms in total. The van der Waals surface area contributed by atoms with E-state index in [0.29, 0.717) is 0 Å². The Balaban J connectivity index is 2.95. The van der Waals surface area contributed by atoms with Crippen LogP contribution in [0.15, 0.2) is 18.2 Å². The van der Waals surface area contributed by atoms with E-state index in [-0.39, 0.29) is 17.7 Å². The van der Waals surface area contributed by atoms with Crippen molar-refractivity contribution in [2.75, 3.05) is 5.32 Å². The van der Waals surface area contributed by atoms with Gasteiger partial charge in [-0.3, -0.25) is 4.79 Å². The molecule has 0 saturated heterocycles. The Bertz CT molecular complexity index is 477. The highest BCUT2D eigenvalue weighted by molar-refractivity contribution is 5.94. The average Bonchev–Trinajstić information content (AvgIpc) is 2.21. The van der Waals surface area contributed by atoms with Crippen LogP contribution < -0.4 is 5.32 Å². The summed E-state index contributed by atoms with van der Waals surface area (Å²) in [6.45, 7) is 0. The molecule has 0 spiro atoms. The number of anilines is 1. The fourth-order valence-corrected chi connectivity index (χ4v) is 1.04. The van der Waals surface area contributed by atoms with Crippen LogP contribution in [0.1, 0.15) is 16.8 Å². The van der Waals surface area contributed by atoms with Crippen LogP contribution >= 0.6 is 0 Å². The summed E-state index contributed by atoms with van der Waals surface area (Å²) in [5, 5.41) is 10.9. The van der Waals surface area contributed by atoms with Crippen molar-refractivity contribution in [3.8, 4) is 12.3 Å². The maximum Gasteiger partial charge on any atom is 0.335 e. The van der Waals surface area contributed by atoms with E-state index in [9.17, 15) is 14.0 Å². The van der Waals surface area contributed by atoms with Crippen molar-refractivity contribution in [2.45, 2.75) is 6.42 Å². The van der Waals surface area contributed by atoms with Crippen molar-refractivity contribution in [2.24, 2.45) is 0 Å². The summed E-state index contributed by atoms with van der Waals surface area (Å²) in [4.78, 5) is 21.7. The second-order valence-electron chi connectivity index (χ2n) is 2.93. The molecular weight excluding hydrogens is 213 g/mol. The number of carboxylic acid groups (broad SMARTS) is 1. The number of carbonyl (C=O) groups is 2. The Labute approximate surface area is 91.1 Å². The van der Waals surface area contributed by atoms with Crippen molar-refractivity contribution < 1.29 is 19.1 Å². The van der Waals surface area contributed by atoms with E-state index in [1.54, 1.807) is 0 Å². The molecule has 1 aromatic rings. The van der Waals surface area contributed by atoms with Gasteiger partial charge in [0.15, 0.2) is 0 Å². The molecule has 0 aliphatic heterocycles. The zero-order valence-electron chi connectivity index (χ0n) is 8.16. The Morgan fingerprint density at radius 3 is 2.75 bits per heavy atom. The predicted molar refractivity (Wildman–Crippen MR) is 55.4 cm³/mol. The van der Waals surface area contributed by atoms with Crippen LogP contribution in [-0.4, -0.2) is 17.0 Å². The van der Waals surface area contributed by atoms with E-state index in [4.69, 9.17) is 11.5 Å². The lowest BCUT2D eigenvalue weighted by Crippen LogP contribution is -2.12. The van der Waals surface area contributed by atoms with E-state index < -0.39 is 17.7 Å². The standard InChI is InChI=1S/C11H8FNO3/c1-2-3-10(14)13-9-6-7(11(15)16)4-5-8(9)12/h1,4-6H,3H2,(H,13,14)(H,15,16). The second-order valence-corrected chi connectivity index (χ2v) is 2.93. The van der Waals surface area contributed by atoms with Gasteiger partial charge in [0.2, 0.25) is 5.91 Å². The van der Waals surface area contributed by atoms with Crippen molar-refractivity contribution in [3.05, 3.63) is 29.6 Å². The summed E-state index contributed by atoms with van der Waals surface area (Å²) in [7, 11) is 0. The normalized spacial score (nSPS) is 9.25. The lowest BCUT2D eigenvalue weighted by atomic mass is 10.2. The zero-order valence-corrected chi connectivity index (χ0v) is 8.16. The van der Waals surface area contributed by atoms with E-state index >= 15 is 0 Å². The monoisotopic (exact) mass is 221 g/mol. The maximum atomic E-state index is 13.2. The highest BCUT2D eigenvalue weighted by Crippen LogP contribution is 2.16. The largest absolute Gasteiger partial charge is 0.478 e.